The highest BCUT2D eigenvalue weighted by molar-refractivity contribution is 7.85. The van der Waals surface area contributed by atoms with Gasteiger partial charge in [0.05, 0.1) is 5.25 Å². The van der Waals surface area contributed by atoms with Crippen LogP contribution in [0.2, 0.25) is 0 Å². The van der Waals surface area contributed by atoms with E-state index in [0.717, 1.165) is 25.7 Å². The lowest BCUT2D eigenvalue weighted by Crippen LogP contribution is -2.51. The molecule has 124 valence electrons. The number of thiophene rings is 1. The first-order valence-corrected chi connectivity index (χ1v) is 10.4. The summed E-state index contributed by atoms with van der Waals surface area (Å²) >= 11 is 1.67. The number of hydrogen-bond donors (Lipinski definition) is 2. The van der Waals surface area contributed by atoms with E-state index in [1.165, 1.54) is 5.56 Å². The third kappa shape index (κ3) is 4.81. The molecule has 1 aromatic heterocycles. The van der Waals surface area contributed by atoms with Crippen molar-refractivity contribution in [2.24, 2.45) is 0 Å². The lowest BCUT2D eigenvalue weighted by molar-refractivity contribution is 0.232. The Labute approximate surface area is 139 Å². The summed E-state index contributed by atoms with van der Waals surface area (Å²) in [7, 11) is -0.838. The average Bonchev–Trinajstić information content (AvgIpc) is 3.07. The molecule has 1 aromatic rings. The molecule has 1 fully saturated rings. The van der Waals surface area contributed by atoms with Gasteiger partial charge in [-0.3, -0.25) is 4.21 Å². The maximum Gasteiger partial charge on any atom is 0.315 e. The summed E-state index contributed by atoms with van der Waals surface area (Å²) in [6.45, 7) is 4.68. The zero-order valence-corrected chi connectivity index (χ0v) is 15.0. The molecule has 0 bridgehead atoms. The third-order valence-electron chi connectivity index (χ3n) is 4.32. The minimum atomic E-state index is -0.838. The van der Waals surface area contributed by atoms with Gasteiger partial charge in [0.25, 0.3) is 0 Å². The molecule has 4 atom stereocenters. The molecule has 1 saturated carbocycles. The van der Waals surface area contributed by atoms with E-state index in [1.54, 1.807) is 11.3 Å². The van der Waals surface area contributed by atoms with Crippen molar-refractivity contribution in [3.8, 4) is 0 Å². The van der Waals surface area contributed by atoms with E-state index in [1.807, 2.05) is 6.92 Å². The number of urea groups is 1. The second-order valence-corrected chi connectivity index (χ2v) is 8.64. The van der Waals surface area contributed by atoms with Crippen LogP contribution in [-0.4, -0.2) is 33.8 Å². The molecule has 2 rings (SSSR count). The molecule has 0 radical (unpaired) electrons. The van der Waals surface area contributed by atoms with Gasteiger partial charge in [-0.25, -0.2) is 4.79 Å². The molecule has 2 N–H and O–H groups in total. The quantitative estimate of drug-likeness (QED) is 0.834. The van der Waals surface area contributed by atoms with Crippen molar-refractivity contribution in [3.05, 3.63) is 22.4 Å². The zero-order chi connectivity index (χ0) is 15.9. The smallest absolute Gasteiger partial charge is 0.315 e. The Morgan fingerprint density at radius 1 is 1.45 bits per heavy atom. The fraction of sp³-hybridized carbons (Fsp3) is 0.688. The molecular weight excluding hydrogens is 316 g/mol. The largest absolute Gasteiger partial charge is 0.338 e. The van der Waals surface area contributed by atoms with Crippen LogP contribution in [0.15, 0.2) is 16.8 Å². The summed E-state index contributed by atoms with van der Waals surface area (Å²) in [6, 6.07) is 2.01. The second-order valence-electron chi connectivity index (χ2n) is 5.91. The normalized spacial score (nSPS) is 24.5. The zero-order valence-electron chi connectivity index (χ0n) is 13.3. The Morgan fingerprint density at radius 3 is 2.91 bits per heavy atom. The summed E-state index contributed by atoms with van der Waals surface area (Å²) < 4.78 is 12.1. The van der Waals surface area contributed by atoms with Gasteiger partial charge in [-0.2, -0.15) is 11.3 Å². The summed E-state index contributed by atoms with van der Waals surface area (Å²) in [6.07, 6.45) is 4.11. The van der Waals surface area contributed by atoms with E-state index in [0.29, 0.717) is 18.2 Å². The Kier molecular flexibility index (Phi) is 6.89. The van der Waals surface area contributed by atoms with Crippen LogP contribution >= 0.6 is 11.3 Å². The molecule has 0 aliphatic heterocycles. The lowest BCUT2D eigenvalue weighted by atomic mass is 9.95. The predicted octanol–water partition coefficient (Wildman–Crippen LogP) is 3.23. The number of carbonyl (C=O) groups is 1. The lowest BCUT2D eigenvalue weighted by Gasteiger charge is -2.31. The molecule has 1 aliphatic rings. The van der Waals surface area contributed by atoms with Gasteiger partial charge in [0.2, 0.25) is 0 Å². The molecule has 1 aliphatic carbocycles. The monoisotopic (exact) mass is 342 g/mol. The minimum Gasteiger partial charge on any atom is -0.338 e. The van der Waals surface area contributed by atoms with Crippen molar-refractivity contribution in [1.82, 2.24) is 10.6 Å². The minimum absolute atomic E-state index is 0.0472. The molecule has 0 saturated heterocycles. The van der Waals surface area contributed by atoms with Gasteiger partial charge in [0.15, 0.2) is 0 Å². The highest BCUT2D eigenvalue weighted by Crippen LogP contribution is 2.23. The summed E-state index contributed by atoms with van der Waals surface area (Å²) in [5.74, 6) is 0.976. The van der Waals surface area contributed by atoms with E-state index in [9.17, 15) is 9.00 Å². The van der Waals surface area contributed by atoms with E-state index >= 15 is 0 Å². The average molecular weight is 343 g/mol. The van der Waals surface area contributed by atoms with Gasteiger partial charge >= 0.3 is 6.03 Å². The second kappa shape index (κ2) is 8.67. The number of amides is 2. The van der Waals surface area contributed by atoms with Crippen molar-refractivity contribution in [3.63, 3.8) is 0 Å². The Hall–Kier alpha value is -0.880. The molecular formula is C16H26N2O2S2. The van der Waals surface area contributed by atoms with Crippen LogP contribution in [0.1, 0.15) is 51.0 Å². The standard InChI is InChI=1S/C16H26N2O2S2/c1-3-22(20)15-7-5-4-6-14(15)18-16(19)17-10-12(2)13-8-9-21-11-13/h8-9,11-12,14-15H,3-7,10H2,1-2H3,(H2,17,18,19)/t12-,14+,15+,22-/m0/s1. The fourth-order valence-corrected chi connectivity index (χ4v) is 5.14. The number of carbonyl (C=O) groups excluding carboxylic acids is 1. The van der Waals surface area contributed by atoms with E-state index in [2.05, 4.69) is 34.4 Å². The van der Waals surface area contributed by atoms with Crippen molar-refractivity contribution in [2.75, 3.05) is 12.3 Å². The highest BCUT2D eigenvalue weighted by Gasteiger charge is 2.30. The maximum absolute atomic E-state index is 12.1. The predicted molar refractivity (Wildman–Crippen MR) is 94.0 cm³/mol. The fourth-order valence-electron chi connectivity index (χ4n) is 2.93. The van der Waals surface area contributed by atoms with Gasteiger partial charge in [-0.15, -0.1) is 0 Å². The molecule has 2 amide bonds. The number of hydrogen-bond acceptors (Lipinski definition) is 3. The summed E-state index contributed by atoms with van der Waals surface area (Å²) in [5.41, 5.74) is 1.26. The van der Waals surface area contributed by atoms with Crippen molar-refractivity contribution in [2.45, 2.75) is 56.7 Å². The van der Waals surface area contributed by atoms with Crippen molar-refractivity contribution < 1.29 is 9.00 Å². The molecule has 4 nitrogen and oxygen atoms in total. The Bertz CT molecular complexity index is 490. The number of nitrogens with one attached hydrogen (secondary N) is 2. The molecule has 1 heterocycles. The summed E-state index contributed by atoms with van der Waals surface area (Å²) in [5, 5.41) is 10.3. The topological polar surface area (TPSA) is 58.2 Å². The maximum atomic E-state index is 12.1. The SMILES string of the molecule is CC[S@](=O)[C@@H]1CCCC[C@H]1NC(=O)NC[C@H](C)c1ccsc1. The number of rotatable bonds is 6. The van der Waals surface area contributed by atoms with E-state index in [4.69, 9.17) is 0 Å². The van der Waals surface area contributed by atoms with Crippen LogP contribution in [0.25, 0.3) is 0 Å². The van der Waals surface area contributed by atoms with Crippen LogP contribution in [0.3, 0.4) is 0 Å². The van der Waals surface area contributed by atoms with Gasteiger partial charge < -0.3 is 10.6 Å². The summed E-state index contributed by atoms with van der Waals surface area (Å²) in [4.78, 5) is 12.1. The van der Waals surface area contributed by atoms with E-state index in [-0.39, 0.29) is 17.3 Å². The third-order valence-corrected chi connectivity index (χ3v) is 6.83. The molecule has 0 unspecified atom stereocenters. The van der Waals surface area contributed by atoms with Crippen LogP contribution in [-0.2, 0) is 10.8 Å². The van der Waals surface area contributed by atoms with Crippen LogP contribution in [0.4, 0.5) is 4.79 Å². The van der Waals surface area contributed by atoms with Crippen LogP contribution in [0.5, 0.6) is 0 Å². The van der Waals surface area contributed by atoms with E-state index < -0.39 is 10.8 Å². The molecule has 0 aromatic carbocycles. The van der Waals surface area contributed by atoms with Gasteiger partial charge in [0.1, 0.15) is 0 Å². The van der Waals surface area contributed by atoms with Crippen LogP contribution < -0.4 is 10.6 Å². The van der Waals surface area contributed by atoms with Gasteiger partial charge in [-0.1, -0.05) is 26.7 Å². The van der Waals surface area contributed by atoms with Crippen LogP contribution in [0, 0.1) is 0 Å². The molecule has 0 spiro atoms. The Balaban J connectivity index is 1.81. The molecule has 6 heteroatoms. The van der Waals surface area contributed by atoms with Gasteiger partial charge in [-0.05, 0) is 41.1 Å². The Morgan fingerprint density at radius 2 is 2.23 bits per heavy atom. The first-order chi connectivity index (χ1) is 10.6. The first kappa shape index (κ1) is 17.5. The van der Waals surface area contributed by atoms with Crippen molar-refractivity contribution in [1.29, 1.82) is 0 Å². The van der Waals surface area contributed by atoms with Gasteiger partial charge in [0, 0.05) is 29.1 Å². The first-order valence-electron chi connectivity index (χ1n) is 8.05. The molecule has 22 heavy (non-hydrogen) atoms. The highest BCUT2D eigenvalue weighted by atomic mass is 32.2. The van der Waals surface area contributed by atoms with Crippen molar-refractivity contribution >= 4 is 28.2 Å².